The largest absolute Gasteiger partial charge is 0.492 e. The van der Waals surface area contributed by atoms with Gasteiger partial charge < -0.3 is 4.74 Å². The van der Waals surface area contributed by atoms with E-state index in [0.717, 1.165) is 11.5 Å². The van der Waals surface area contributed by atoms with Crippen molar-refractivity contribution in [1.82, 2.24) is 0 Å². The van der Waals surface area contributed by atoms with E-state index in [2.05, 4.69) is 11.6 Å². The normalized spacial score (nSPS) is 13.0. The van der Waals surface area contributed by atoms with Gasteiger partial charge in [0.15, 0.2) is 0 Å². The first kappa shape index (κ1) is 9.95. The Hall–Kier alpha value is -1.05. The van der Waals surface area contributed by atoms with E-state index in [-0.39, 0.29) is 0 Å². The molecule has 0 radical (unpaired) electrons. The average molecular weight is 153 g/mol. The topological polar surface area (TPSA) is 21.6 Å². The molecule has 0 aromatic heterocycles. The minimum Gasteiger partial charge on any atom is -0.492 e. The van der Waals surface area contributed by atoms with Crippen molar-refractivity contribution >= 4 is 5.71 Å². The quantitative estimate of drug-likeness (QED) is 0.344. The molecular formula is C9H15NO. The highest BCUT2D eigenvalue weighted by Crippen LogP contribution is 2.00. The van der Waals surface area contributed by atoms with Crippen LogP contribution in [0.4, 0.5) is 0 Å². The molecule has 0 aliphatic carbocycles. The molecule has 0 aliphatic rings. The van der Waals surface area contributed by atoms with E-state index in [1.807, 2.05) is 19.9 Å². The summed E-state index contributed by atoms with van der Waals surface area (Å²) in [6.45, 7) is 8.10. The molecule has 0 heterocycles. The molecule has 0 fully saturated rings. The van der Waals surface area contributed by atoms with Crippen LogP contribution in [0.2, 0.25) is 0 Å². The van der Waals surface area contributed by atoms with Crippen LogP contribution in [0.5, 0.6) is 0 Å². The fourth-order valence-electron chi connectivity index (χ4n) is 0.646. The summed E-state index contributed by atoms with van der Waals surface area (Å²) >= 11 is 0. The first-order valence-corrected chi connectivity index (χ1v) is 3.65. The van der Waals surface area contributed by atoms with Crippen LogP contribution < -0.4 is 0 Å². The first-order valence-electron chi connectivity index (χ1n) is 3.65. The summed E-state index contributed by atoms with van der Waals surface area (Å²) < 4.78 is 5.29. The van der Waals surface area contributed by atoms with Crippen LogP contribution >= 0.6 is 0 Å². The van der Waals surface area contributed by atoms with Gasteiger partial charge in [-0.1, -0.05) is 12.7 Å². The Morgan fingerprint density at radius 2 is 2.27 bits per heavy atom. The van der Waals surface area contributed by atoms with Crippen molar-refractivity contribution < 1.29 is 4.74 Å². The van der Waals surface area contributed by atoms with Gasteiger partial charge in [0.2, 0.25) is 0 Å². The lowest BCUT2D eigenvalue weighted by molar-refractivity contribution is 0.249. The van der Waals surface area contributed by atoms with Gasteiger partial charge in [0.05, 0.1) is 12.3 Å². The van der Waals surface area contributed by atoms with E-state index in [0.29, 0.717) is 6.61 Å². The monoisotopic (exact) mass is 153 g/mol. The summed E-state index contributed by atoms with van der Waals surface area (Å²) in [5, 5.41) is 0. The zero-order chi connectivity index (χ0) is 8.69. The lowest BCUT2D eigenvalue weighted by Crippen LogP contribution is -2.01. The van der Waals surface area contributed by atoms with E-state index in [4.69, 9.17) is 4.74 Å². The number of nitrogens with zero attached hydrogens (tertiary/aromatic N) is 1. The Bertz CT molecular complexity index is 180. The fourth-order valence-corrected chi connectivity index (χ4v) is 0.646. The molecule has 0 aromatic rings. The Balaban J connectivity index is 4.33. The molecule has 0 saturated carbocycles. The Morgan fingerprint density at radius 3 is 2.64 bits per heavy atom. The molecule has 0 saturated heterocycles. The molecule has 2 nitrogen and oxygen atoms in total. The second-order valence-electron chi connectivity index (χ2n) is 2.01. The van der Waals surface area contributed by atoms with E-state index in [1.165, 1.54) is 0 Å². The maximum Gasteiger partial charge on any atom is 0.139 e. The lowest BCUT2D eigenvalue weighted by atomic mass is 10.3. The van der Waals surface area contributed by atoms with Crippen molar-refractivity contribution in [3.8, 4) is 0 Å². The minimum atomic E-state index is 0.659. The molecule has 0 rings (SSSR count). The molecule has 0 amide bonds. The van der Waals surface area contributed by atoms with Crippen molar-refractivity contribution in [3.05, 3.63) is 24.5 Å². The number of rotatable bonds is 4. The van der Waals surface area contributed by atoms with Crippen molar-refractivity contribution in [2.24, 2.45) is 4.99 Å². The maximum atomic E-state index is 5.29. The number of hydrogen-bond acceptors (Lipinski definition) is 2. The van der Waals surface area contributed by atoms with Gasteiger partial charge in [0.1, 0.15) is 5.76 Å². The van der Waals surface area contributed by atoms with Gasteiger partial charge in [-0.2, -0.15) is 0 Å². The molecule has 0 atom stereocenters. The van der Waals surface area contributed by atoms with Gasteiger partial charge in [0, 0.05) is 7.05 Å². The third-order valence-electron chi connectivity index (χ3n) is 1.26. The van der Waals surface area contributed by atoms with Crippen LogP contribution in [-0.2, 0) is 4.74 Å². The number of ether oxygens (including phenoxy) is 1. The Labute approximate surface area is 68.3 Å². The van der Waals surface area contributed by atoms with Crippen LogP contribution in [0, 0.1) is 0 Å². The zero-order valence-corrected chi connectivity index (χ0v) is 7.42. The van der Waals surface area contributed by atoms with Gasteiger partial charge in [-0.25, -0.2) is 0 Å². The molecule has 2 heteroatoms. The fraction of sp³-hybridized carbons (Fsp3) is 0.444. The summed E-state index contributed by atoms with van der Waals surface area (Å²) in [4.78, 5) is 4.00. The van der Waals surface area contributed by atoms with E-state index >= 15 is 0 Å². The molecule has 62 valence electrons. The molecule has 0 aliphatic heterocycles. The van der Waals surface area contributed by atoms with Gasteiger partial charge in [-0.3, -0.25) is 4.99 Å². The third-order valence-corrected chi connectivity index (χ3v) is 1.26. The summed E-state index contributed by atoms with van der Waals surface area (Å²) in [6, 6.07) is 0. The highest BCUT2D eigenvalue weighted by atomic mass is 16.5. The van der Waals surface area contributed by atoms with Crippen molar-refractivity contribution in [3.63, 3.8) is 0 Å². The van der Waals surface area contributed by atoms with Crippen molar-refractivity contribution in [1.29, 1.82) is 0 Å². The minimum absolute atomic E-state index is 0.659. The van der Waals surface area contributed by atoms with E-state index in [9.17, 15) is 0 Å². The zero-order valence-electron chi connectivity index (χ0n) is 7.42. The first-order chi connectivity index (χ1) is 5.26. The summed E-state index contributed by atoms with van der Waals surface area (Å²) in [5.41, 5.74) is 0.895. The maximum absolute atomic E-state index is 5.29. The van der Waals surface area contributed by atoms with Crippen LogP contribution in [0.15, 0.2) is 29.5 Å². The molecule has 0 N–H and O–H groups in total. The summed E-state index contributed by atoms with van der Waals surface area (Å²) in [5.74, 6) is 0.796. The molecule has 0 spiro atoms. The third kappa shape index (κ3) is 3.61. The van der Waals surface area contributed by atoms with Gasteiger partial charge in [0.25, 0.3) is 0 Å². The van der Waals surface area contributed by atoms with E-state index in [1.54, 1.807) is 13.1 Å². The highest BCUT2D eigenvalue weighted by molar-refractivity contribution is 5.96. The number of allylic oxidation sites excluding steroid dienone is 3. The predicted molar refractivity (Wildman–Crippen MR) is 48.9 cm³/mol. The summed E-state index contributed by atoms with van der Waals surface area (Å²) in [6.07, 6.45) is 3.51. The van der Waals surface area contributed by atoms with Crippen LogP contribution in [0.3, 0.4) is 0 Å². The predicted octanol–water partition coefficient (Wildman–Crippen LogP) is 2.18. The van der Waals surface area contributed by atoms with Crippen LogP contribution in [-0.4, -0.2) is 19.4 Å². The standard InChI is InChI=1S/C9H15NO/c1-5-7-9(11-6-2)8(3)10-4/h5,7H,1,6H2,2-4H3/b9-7+,10-8?. The molecule has 11 heavy (non-hydrogen) atoms. The van der Waals surface area contributed by atoms with Gasteiger partial charge >= 0.3 is 0 Å². The van der Waals surface area contributed by atoms with Crippen molar-refractivity contribution in [2.75, 3.05) is 13.7 Å². The van der Waals surface area contributed by atoms with E-state index < -0.39 is 0 Å². The lowest BCUT2D eigenvalue weighted by Gasteiger charge is -2.05. The number of hydrogen-bond donors (Lipinski definition) is 0. The van der Waals surface area contributed by atoms with Gasteiger partial charge in [-0.15, -0.1) is 0 Å². The SMILES string of the molecule is C=C/C=C(/OCC)C(C)=NC. The second-order valence-corrected chi connectivity index (χ2v) is 2.01. The molecular weight excluding hydrogens is 138 g/mol. The highest BCUT2D eigenvalue weighted by Gasteiger charge is 1.97. The molecule has 0 unspecified atom stereocenters. The Kier molecular flexibility index (Phi) is 5.17. The van der Waals surface area contributed by atoms with Gasteiger partial charge in [-0.05, 0) is 19.9 Å². The average Bonchev–Trinajstić information content (AvgIpc) is 2.03. The molecule has 0 bridgehead atoms. The van der Waals surface area contributed by atoms with Crippen molar-refractivity contribution in [2.45, 2.75) is 13.8 Å². The van der Waals surface area contributed by atoms with Crippen LogP contribution in [0.25, 0.3) is 0 Å². The Morgan fingerprint density at radius 1 is 1.64 bits per heavy atom. The number of aliphatic imine (C=N–C) groups is 1. The molecule has 0 aromatic carbocycles. The second kappa shape index (κ2) is 5.71. The smallest absolute Gasteiger partial charge is 0.139 e. The van der Waals surface area contributed by atoms with Crippen LogP contribution in [0.1, 0.15) is 13.8 Å². The summed E-state index contributed by atoms with van der Waals surface area (Å²) in [7, 11) is 1.74.